The van der Waals surface area contributed by atoms with E-state index in [1.165, 1.54) is 24.8 Å². The highest BCUT2D eigenvalue weighted by Gasteiger charge is 2.37. The molecule has 9 heteroatoms. The molecular weight excluding hydrogens is 711 g/mol. The van der Waals surface area contributed by atoms with Crippen LogP contribution in [0.25, 0.3) is 11.1 Å². The molecule has 0 aromatic heterocycles. The van der Waals surface area contributed by atoms with Crippen molar-refractivity contribution in [1.29, 1.82) is 0 Å². The van der Waals surface area contributed by atoms with Crippen LogP contribution in [-0.2, 0) is 22.4 Å². The first-order valence-corrected chi connectivity index (χ1v) is 20.9. The van der Waals surface area contributed by atoms with E-state index >= 15 is 0 Å². The third-order valence-corrected chi connectivity index (χ3v) is 11.8. The van der Waals surface area contributed by atoms with Crippen molar-refractivity contribution in [3.8, 4) is 11.1 Å². The summed E-state index contributed by atoms with van der Waals surface area (Å²) < 4.78 is 0. The molecule has 9 nitrogen and oxygen atoms in total. The number of hydrogen-bond donors (Lipinski definition) is 3. The van der Waals surface area contributed by atoms with E-state index in [9.17, 15) is 19.2 Å². The molecule has 0 bridgehead atoms. The Morgan fingerprint density at radius 1 is 0.719 bits per heavy atom. The number of benzene rings is 4. The van der Waals surface area contributed by atoms with E-state index in [-0.39, 0.29) is 29.7 Å². The Kier molecular flexibility index (Phi) is 15.1. The molecule has 3 atom stereocenters. The topological polar surface area (TPSA) is 111 Å². The number of amides is 4. The molecule has 0 spiro atoms. The molecule has 57 heavy (non-hydrogen) atoms. The predicted molar refractivity (Wildman–Crippen MR) is 227 cm³/mol. The predicted octanol–water partition coefficient (Wildman–Crippen LogP) is 7.07. The van der Waals surface area contributed by atoms with Crippen LogP contribution in [0, 0.1) is 5.92 Å². The van der Waals surface area contributed by atoms with Crippen LogP contribution >= 0.6 is 0 Å². The van der Waals surface area contributed by atoms with Gasteiger partial charge in [-0.25, -0.2) is 0 Å². The minimum absolute atomic E-state index is 0.0322. The van der Waals surface area contributed by atoms with E-state index in [0.29, 0.717) is 56.1 Å². The van der Waals surface area contributed by atoms with Crippen molar-refractivity contribution in [2.45, 2.75) is 89.3 Å². The van der Waals surface area contributed by atoms with E-state index in [0.717, 1.165) is 48.8 Å². The molecule has 3 N–H and O–H groups in total. The van der Waals surface area contributed by atoms with Crippen LogP contribution in [0.3, 0.4) is 0 Å². The minimum Gasteiger partial charge on any atom is -0.352 e. The first-order chi connectivity index (χ1) is 27.8. The van der Waals surface area contributed by atoms with Crippen molar-refractivity contribution in [1.82, 2.24) is 25.8 Å². The zero-order valence-electron chi connectivity index (χ0n) is 33.6. The molecule has 2 fully saturated rings. The second-order valence-electron chi connectivity index (χ2n) is 15.8. The summed E-state index contributed by atoms with van der Waals surface area (Å²) in [7, 11) is 1.75. The lowest BCUT2D eigenvalue weighted by Crippen LogP contribution is -2.55. The summed E-state index contributed by atoms with van der Waals surface area (Å²) in [6, 6.07) is 34.3. The zero-order valence-corrected chi connectivity index (χ0v) is 33.6. The fourth-order valence-corrected chi connectivity index (χ4v) is 8.23. The van der Waals surface area contributed by atoms with Crippen molar-refractivity contribution in [2.75, 3.05) is 33.2 Å². The van der Waals surface area contributed by atoms with Gasteiger partial charge >= 0.3 is 0 Å². The average molecular weight is 770 g/mol. The van der Waals surface area contributed by atoms with E-state index in [2.05, 4.69) is 40.2 Å². The number of carbonyl (C=O) groups excluding carboxylic acids is 4. The molecule has 1 aliphatic heterocycles. The summed E-state index contributed by atoms with van der Waals surface area (Å²) in [5.41, 5.74) is 5.41. The Hall–Kier alpha value is -5.28. The summed E-state index contributed by atoms with van der Waals surface area (Å²) >= 11 is 0. The first kappa shape index (κ1) is 41.4. The lowest BCUT2D eigenvalue weighted by molar-refractivity contribution is -0.138. The lowest BCUT2D eigenvalue weighted by atomic mass is 9.84. The Morgan fingerprint density at radius 2 is 1.32 bits per heavy atom. The van der Waals surface area contributed by atoms with Gasteiger partial charge in [0.2, 0.25) is 11.8 Å². The van der Waals surface area contributed by atoms with Crippen LogP contribution in [0.15, 0.2) is 109 Å². The van der Waals surface area contributed by atoms with Crippen molar-refractivity contribution < 1.29 is 19.2 Å². The van der Waals surface area contributed by atoms with Gasteiger partial charge in [-0.3, -0.25) is 19.2 Å². The maximum absolute atomic E-state index is 14.4. The molecule has 4 aromatic carbocycles. The van der Waals surface area contributed by atoms with Gasteiger partial charge in [0.15, 0.2) is 0 Å². The van der Waals surface area contributed by atoms with Gasteiger partial charge in [0.25, 0.3) is 11.8 Å². The van der Waals surface area contributed by atoms with Gasteiger partial charge in [0.05, 0.1) is 6.04 Å². The van der Waals surface area contributed by atoms with Gasteiger partial charge in [0.1, 0.15) is 6.04 Å². The number of likely N-dealkylation sites (tertiary alicyclic amines) is 1. The van der Waals surface area contributed by atoms with Gasteiger partial charge in [-0.2, -0.15) is 0 Å². The average Bonchev–Trinajstić information content (AvgIpc) is 3.73. The van der Waals surface area contributed by atoms with E-state index in [4.69, 9.17) is 0 Å². The van der Waals surface area contributed by atoms with Gasteiger partial charge in [-0.1, -0.05) is 117 Å². The summed E-state index contributed by atoms with van der Waals surface area (Å²) in [5, 5.41) is 9.12. The van der Waals surface area contributed by atoms with Gasteiger partial charge in [-0.15, -0.1) is 0 Å². The lowest BCUT2D eigenvalue weighted by Gasteiger charge is -2.35. The van der Waals surface area contributed by atoms with Crippen molar-refractivity contribution in [2.24, 2.45) is 5.92 Å². The van der Waals surface area contributed by atoms with E-state index in [1.54, 1.807) is 7.05 Å². The van der Waals surface area contributed by atoms with Gasteiger partial charge < -0.3 is 25.8 Å². The Labute approximate surface area is 338 Å². The minimum atomic E-state index is -0.582. The number of likely N-dealkylation sites (N-methyl/N-ethyl adjacent to an activating group) is 1. The fourth-order valence-electron chi connectivity index (χ4n) is 8.23. The van der Waals surface area contributed by atoms with Crippen molar-refractivity contribution in [3.05, 3.63) is 131 Å². The summed E-state index contributed by atoms with van der Waals surface area (Å²) in [6.07, 6.45) is 9.51. The molecule has 1 aliphatic carbocycles. The molecule has 1 saturated heterocycles. The molecule has 1 saturated carbocycles. The molecule has 300 valence electrons. The quantitative estimate of drug-likeness (QED) is 0.107. The van der Waals surface area contributed by atoms with Crippen molar-refractivity contribution in [3.63, 3.8) is 0 Å². The van der Waals surface area contributed by atoms with Crippen molar-refractivity contribution >= 4 is 23.6 Å². The van der Waals surface area contributed by atoms with E-state index < -0.39 is 12.1 Å². The monoisotopic (exact) mass is 769 g/mol. The highest BCUT2D eigenvalue weighted by atomic mass is 16.2. The van der Waals surface area contributed by atoms with Crippen LogP contribution in [0.4, 0.5) is 0 Å². The van der Waals surface area contributed by atoms with Crippen LogP contribution in [0.2, 0.25) is 0 Å². The summed E-state index contributed by atoms with van der Waals surface area (Å²) in [6.45, 7) is 3.92. The van der Waals surface area contributed by atoms with Crippen LogP contribution in [0.5, 0.6) is 0 Å². The maximum Gasteiger partial charge on any atom is 0.253 e. The SMILES string of the molecule is CN[C@@H](C)C(=O)N[C@@H](CC1CCCCC1)C(=O)N1CCC[C@H]1CN(CCc1ccccc1)C(=O)c1ccc(-c2ccc(C(=O)NCCc3ccccc3)cc2)cc1. The highest BCUT2D eigenvalue weighted by molar-refractivity contribution is 5.96. The first-order valence-electron chi connectivity index (χ1n) is 20.9. The number of rotatable bonds is 17. The molecular formula is C48H59N5O4. The molecule has 6 rings (SSSR count). The summed E-state index contributed by atoms with van der Waals surface area (Å²) in [4.78, 5) is 58.4. The largest absolute Gasteiger partial charge is 0.352 e. The van der Waals surface area contributed by atoms with Gasteiger partial charge in [-0.05, 0) is 98.5 Å². The molecule has 0 unspecified atom stereocenters. The van der Waals surface area contributed by atoms with Crippen LogP contribution in [0.1, 0.15) is 90.1 Å². The Balaban J connectivity index is 1.13. The smallest absolute Gasteiger partial charge is 0.253 e. The fraction of sp³-hybridized carbons (Fsp3) is 0.417. The molecule has 4 amide bonds. The van der Waals surface area contributed by atoms with Gasteiger partial charge in [0, 0.05) is 43.3 Å². The molecule has 0 radical (unpaired) electrons. The third-order valence-electron chi connectivity index (χ3n) is 11.8. The summed E-state index contributed by atoms with van der Waals surface area (Å²) in [5.74, 6) is 0.0359. The standard InChI is InChI=1S/C48H59N5O4/c1-35(49-2)45(54)51-44(33-38-17-10-5-11-18-38)48(57)53-31-12-19-43(53)34-52(32-29-37-15-8-4-9-16-37)47(56)42-26-22-40(23-27-42)39-20-24-41(25-21-39)46(55)50-30-28-36-13-6-3-7-14-36/h3-4,6-9,13-16,20-27,35,38,43-44,49H,5,10-12,17-19,28-34H2,1-2H3,(H,50,55)(H,51,54)/t35-,43-,44-/m0/s1. The third kappa shape index (κ3) is 11.6. The van der Waals surface area contributed by atoms with Crippen LogP contribution in [-0.4, -0.2) is 84.8 Å². The highest BCUT2D eigenvalue weighted by Crippen LogP contribution is 2.29. The Morgan fingerprint density at radius 3 is 1.93 bits per heavy atom. The van der Waals surface area contributed by atoms with E-state index in [1.807, 2.05) is 102 Å². The normalized spacial score (nSPS) is 16.7. The maximum atomic E-state index is 14.4. The number of nitrogens with one attached hydrogen (secondary N) is 3. The molecule has 2 aliphatic rings. The zero-order chi connectivity index (χ0) is 40.0. The Bertz CT molecular complexity index is 1900. The number of hydrogen-bond acceptors (Lipinski definition) is 5. The van der Waals surface area contributed by atoms with Crippen LogP contribution < -0.4 is 16.0 Å². The molecule has 4 aromatic rings. The number of nitrogens with zero attached hydrogens (tertiary/aromatic N) is 2. The second-order valence-corrected chi connectivity index (χ2v) is 15.8. The number of carbonyl (C=O) groups is 4. The molecule has 1 heterocycles. The second kappa shape index (κ2) is 20.8.